The minimum Gasteiger partial charge on any atom is -0.493 e. The van der Waals surface area contributed by atoms with Gasteiger partial charge in [0, 0.05) is 13.6 Å². The van der Waals surface area contributed by atoms with Crippen molar-refractivity contribution in [1.82, 2.24) is 4.31 Å². The lowest BCUT2D eigenvalue weighted by Gasteiger charge is -2.18. The van der Waals surface area contributed by atoms with Crippen LogP contribution in [0.1, 0.15) is 11.1 Å². The third-order valence-corrected chi connectivity index (χ3v) is 6.17. The van der Waals surface area contributed by atoms with Crippen molar-refractivity contribution in [3.8, 4) is 11.5 Å². The molecule has 0 N–H and O–H groups in total. The number of hydrogen-bond acceptors (Lipinski definition) is 4. The summed E-state index contributed by atoms with van der Waals surface area (Å²) < 4.78 is 51.2. The average molecular weight is 415 g/mol. The molecule has 7 heteroatoms. The molecule has 0 fully saturated rings. The summed E-state index contributed by atoms with van der Waals surface area (Å²) in [4.78, 5) is -0.0882. The van der Waals surface area contributed by atoms with Crippen LogP contribution in [-0.4, -0.2) is 26.9 Å². The highest BCUT2D eigenvalue weighted by molar-refractivity contribution is 7.89. The summed E-state index contributed by atoms with van der Waals surface area (Å²) in [7, 11) is -0.834. The summed E-state index contributed by atoms with van der Waals surface area (Å²) in [5.41, 5.74) is 1.75. The van der Waals surface area contributed by atoms with Gasteiger partial charge in [-0.15, -0.1) is 0 Å². The molecule has 0 amide bonds. The van der Waals surface area contributed by atoms with Gasteiger partial charge in [-0.25, -0.2) is 12.8 Å². The number of hydrogen-bond donors (Lipinski definition) is 0. The molecule has 0 radical (unpaired) electrons. The largest absolute Gasteiger partial charge is 0.493 e. The maximum absolute atomic E-state index is 13.4. The molecule has 0 saturated heterocycles. The minimum absolute atomic E-state index is 0.0882. The van der Waals surface area contributed by atoms with Crippen LogP contribution in [0.25, 0.3) is 0 Å². The predicted molar refractivity (Wildman–Crippen MR) is 109 cm³/mol. The summed E-state index contributed by atoms with van der Waals surface area (Å²) in [6.07, 6.45) is 0. The van der Waals surface area contributed by atoms with Crippen molar-refractivity contribution < 1.29 is 22.3 Å². The molecular weight excluding hydrogens is 393 g/mol. The quantitative estimate of drug-likeness (QED) is 0.552. The molecule has 0 aromatic heterocycles. The minimum atomic E-state index is -3.81. The van der Waals surface area contributed by atoms with Crippen molar-refractivity contribution in [2.45, 2.75) is 18.0 Å². The van der Waals surface area contributed by atoms with Crippen molar-refractivity contribution in [3.63, 3.8) is 0 Å². The molecule has 0 bridgehead atoms. The Hall–Kier alpha value is -2.90. The van der Waals surface area contributed by atoms with E-state index in [4.69, 9.17) is 9.47 Å². The molecule has 0 heterocycles. The number of rotatable bonds is 8. The van der Waals surface area contributed by atoms with Crippen LogP contribution >= 0.6 is 0 Å². The van der Waals surface area contributed by atoms with E-state index in [0.29, 0.717) is 18.1 Å². The second kappa shape index (κ2) is 9.07. The number of methoxy groups -OCH3 is 1. The van der Waals surface area contributed by atoms with E-state index in [1.165, 1.54) is 36.7 Å². The normalized spacial score (nSPS) is 11.4. The van der Waals surface area contributed by atoms with Gasteiger partial charge in [0.05, 0.1) is 12.0 Å². The fourth-order valence-corrected chi connectivity index (χ4v) is 4.01. The first-order valence-electron chi connectivity index (χ1n) is 8.95. The van der Waals surface area contributed by atoms with Crippen LogP contribution in [0.5, 0.6) is 11.5 Å². The Morgan fingerprint density at radius 2 is 1.66 bits per heavy atom. The van der Waals surface area contributed by atoms with Gasteiger partial charge in [0.1, 0.15) is 12.4 Å². The Bertz CT molecular complexity index is 1070. The third-order valence-electron chi connectivity index (χ3n) is 4.37. The van der Waals surface area contributed by atoms with E-state index in [2.05, 4.69) is 0 Å². The Labute approximate surface area is 170 Å². The van der Waals surface area contributed by atoms with Crippen molar-refractivity contribution in [1.29, 1.82) is 0 Å². The maximum Gasteiger partial charge on any atom is 0.243 e. The first-order valence-corrected chi connectivity index (χ1v) is 10.4. The Morgan fingerprint density at radius 3 is 2.34 bits per heavy atom. The Morgan fingerprint density at radius 1 is 0.897 bits per heavy atom. The van der Waals surface area contributed by atoms with Gasteiger partial charge in [0.2, 0.25) is 10.0 Å². The van der Waals surface area contributed by atoms with E-state index in [9.17, 15) is 12.8 Å². The smallest absolute Gasteiger partial charge is 0.243 e. The molecule has 0 aliphatic heterocycles. The SMILES string of the molecule is COc1cc(CN(C)S(=O)(=O)c2cccc(F)c2)ccc1OCc1ccccc1. The zero-order valence-electron chi connectivity index (χ0n) is 16.2. The number of ether oxygens (including phenoxy) is 2. The van der Waals surface area contributed by atoms with E-state index in [-0.39, 0.29) is 11.4 Å². The topological polar surface area (TPSA) is 55.8 Å². The maximum atomic E-state index is 13.4. The van der Waals surface area contributed by atoms with Crippen LogP contribution < -0.4 is 9.47 Å². The highest BCUT2D eigenvalue weighted by atomic mass is 32.2. The molecule has 5 nitrogen and oxygen atoms in total. The molecule has 0 atom stereocenters. The number of sulfonamides is 1. The molecule has 29 heavy (non-hydrogen) atoms. The van der Waals surface area contributed by atoms with Crippen LogP contribution in [0.2, 0.25) is 0 Å². The van der Waals surface area contributed by atoms with Gasteiger partial charge in [0.15, 0.2) is 11.5 Å². The summed E-state index contributed by atoms with van der Waals surface area (Å²) in [5, 5.41) is 0. The molecule has 3 aromatic carbocycles. The van der Waals surface area contributed by atoms with Crippen molar-refractivity contribution in [2.24, 2.45) is 0 Å². The highest BCUT2D eigenvalue weighted by Crippen LogP contribution is 2.30. The molecule has 0 spiro atoms. The molecular formula is C22H22FNO4S. The second-order valence-electron chi connectivity index (χ2n) is 6.48. The van der Waals surface area contributed by atoms with Crippen LogP contribution in [0.15, 0.2) is 77.7 Å². The van der Waals surface area contributed by atoms with Gasteiger partial charge in [-0.1, -0.05) is 42.5 Å². The van der Waals surface area contributed by atoms with Gasteiger partial charge < -0.3 is 9.47 Å². The first kappa shape index (κ1) is 20.8. The molecule has 3 aromatic rings. The van der Waals surface area contributed by atoms with Crippen LogP contribution in [0.4, 0.5) is 4.39 Å². The van der Waals surface area contributed by atoms with E-state index >= 15 is 0 Å². The highest BCUT2D eigenvalue weighted by Gasteiger charge is 2.22. The third kappa shape index (κ3) is 5.13. The molecule has 0 aliphatic rings. The summed E-state index contributed by atoms with van der Waals surface area (Å²) in [6, 6.07) is 20.0. The number of halogens is 1. The lowest BCUT2D eigenvalue weighted by atomic mass is 10.2. The number of benzene rings is 3. The van der Waals surface area contributed by atoms with Crippen molar-refractivity contribution in [2.75, 3.05) is 14.2 Å². The van der Waals surface area contributed by atoms with E-state index < -0.39 is 15.8 Å². The van der Waals surface area contributed by atoms with Gasteiger partial charge in [-0.05, 0) is 41.5 Å². The molecule has 0 unspecified atom stereocenters. The zero-order chi connectivity index (χ0) is 20.9. The molecule has 152 valence electrons. The second-order valence-corrected chi connectivity index (χ2v) is 8.52. The van der Waals surface area contributed by atoms with E-state index in [1.54, 1.807) is 18.2 Å². The Kier molecular flexibility index (Phi) is 6.51. The van der Waals surface area contributed by atoms with E-state index in [1.807, 2.05) is 30.3 Å². The van der Waals surface area contributed by atoms with Gasteiger partial charge in [-0.3, -0.25) is 0 Å². The zero-order valence-corrected chi connectivity index (χ0v) is 17.0. The number of nitrogens with zero attached hydrogens (tertiary/aromatic N) is 1. The molecule has 0 aliphatic carbocycles. The van der Waals surface area contributed by atoms with Crippen LogP contribution in [0, 0.1) is 5.82 Å². The van der Waals surface area contributed by atoms with Crippen molar-refractivity contribution >= 4 is 10.0 Å². The van der Waals surface area contributed by atoms with Gasteiger partial charge in [-0.2, -0.15) is 4.31 Å². The summed E-state index contributed by atoms with van der Waals surface area (Å²) >= 11 is 0. The van der Waals surface area contributed by atoms with E-state index in [0.717, 1.165) is 17.2 Å². The average Bonchev–Trinajstić information content (AvgIpc) is 2.73. The summed E-state index contributed by atoms with van der Waals surface area (Å²) in [6.45, 7) is 0.499. The monoisotopic (exact) mass is 415 g/mol. The van der Waals surface area contributed by atoms with Crippen LogP contribution in [0.3, 0.4) is 0 Å². The van der Waals surface area contributed by atoms with Gasteiger partial charge >= 0.3 is 0 Å². The predicted octanol–water partition coefficient (Wildman–Crippen LogP) is 4.23. The van der Waals surface area contributed by atoms with Crippen LogP contribution in [-0.2, 0) is 23.2 Å². The molecule has 3 rings (SSSR count). The standard InChI is InChI=1S/C22H22FNO4S/c1-24(29(25,26)20-10-6-9-19(23)14-20)15-18-11-12-21(22(13-18)27-2)28-16-17-7-4-3-5-8-17/h3-14H,15-16H2,1-2H3. The lowest BCUT2D eigenvalue weighted by molar-refractivity contribution is 0.284. The fraction of sp³-hybridized carbons (Fsp3) is 0.182. The van der Waals surface area contributed by atoms with Gasteiger partial charge in [0.25, 0.3) is 0 Å². The Balaban J connectivity index is 1.74. The lowest BCUT2D eigenvalue weighted by Crippen LogP contribution is -2.26. The molecule has 0 saturated carbocycles. The van der Waals surface area contributed by atoms with Crippen molar-refractivity contribution in [3.05, 3.63) is 89.7 Å². The first-order chi connectivity index (χ1) is 13.9. The fourth-order valence-electron chi connectivity index (χ4n) is 2.81. The summed E-state index contributed by atoms with van der Waals surface area (Å²) in [5.74, 6) is 0.479.